The van der Waals surface area contributed by atoms with Crippen LogP contribution in [0.15, 0.2) is 30.3 Å². The molecule has 1 aliphatic rings. The summed E-state index contributed by atoms with van der Waals surface area (Å²) in [6.07, 6.45) is 6.70. The van der Waals surface area contributed by atoms with Gasteiger partial charge >= 0.3 is 0 Å². The van der Waals surface area contributed by atoms with Gasteiger partial charge in [-0.25, -0.2) is 0 Å². The van der Waals surface area contributed by atoms with Gasteiger partial charge in [-0.3, -0.25) is 5.32 Å². The number of thioether (sulfide) groups is 1. The van der Waals surface area contributed by atoms with Gasteiger partial charge in [-0.15, -0.1) is 0 Å². The summed E-state index contributed by atoms with van der Waals surface area (Å²) in [6, 6.07) is 12.6. The molecule has 0 radical (unpaired) electrons. The topological polar surface area (TPSA) is 35.8 Å². The second kappa shape index (κ2) is 6.98. The van der Waals surface area contributed by atoms with Crippen molar-refractivity contribution in [2.75, 3.05) is 12.8 Å². The lowest BCUT2D eigenvalue weighted by Crippen LogP contribution is -2.41. The Hall–Kier alpha value is -0.980. The molecule has 1 aromatic carbocycles. The molecule has 2 nitrogen and oxygen atoms in total. The quantitative estimate of drug-likeness (QED) is 0.889. The van der Waals surface area contributed by atoms with Gasteiger partial charge in [0.05, 0.1) is 6.07 Å². The van der Waals surface area contributed by atoms with Crippen LogP contribution in [-0.2, 0) is 5.54 Å². The number of nitriles is 1. The molecule has 102 valence electrons. The molecule has 1 aromatic rings. The lowest BCUT2D eigenvalue weighted by atomic mass is 9.94. The second-order valence-corrected chi connectivity index (χ2v) is 6.49. The maximum atomic E-state index is 9.63. The third kappa shape index (κ3) is 3.52. The third-order valence-electron chi connectivity index (χ3n) is 3.97. The average Bonchev–Trinajstić information content (AvgIpc) is 2.51. The predicted octanol–water partition coefficient (Wildman–Crippen LogP) is 3.69. The lowest BCUT2D eigenvalue weighted by Gasteiger charge is -2.29. The van der Waals surface area contributed by atoms with Crippen LogP contribution in [0.2, 0.25) is 0 Å². The van der Waals surface area contributed by atoms with Crippen molar-refractivity contribution in [2.45, 2.75) is 42.9 Å². The summed E-state index contributed by atoms with van der Waals surface area (Å²) < 4.78 is 0. The summed E-state index contributed by atoms with van der Waals surface area (Å²) in [7, 11) is 1.89. The van der Waals surface area contributed by atoms with Gasteiger partial charge in [0.1, 0.15) is 5.54 Å². The van der Waals surface area contributed by atoms with E-state index >= 15 is 0 Å². The van der Waals surface area contributed by atoms with Crippen molar-refractivity contribution in [1.82, 2.24) is 5.32 Å². The zero-order valence-corrected chi connectivity index (χ0v) is 12.4. The van der Waals surface area contributed by atoms with Crippen LogP contribution in [-0.4, -0.2) is 18.1 Å². The van der Waals surface area contributed by atoms with Crippen LogP contribution < -0.4 is 5.32 Å². The van der Waals surface area contributed by atoms with Gasteiger partial charge < -0.3 is 0 Å². The van der Waals surface area contributed by atoms with Gasteiger partial charge in [-0.05, 0) is 25.5 Å². The fourth-order valence-corrected chi connectivity index (χ4v) is 4.18. The SMILES string of the molecule is CNC(C#N)(CSC1CCCCC1)c1ccccc1. The van der Waals surface area contributed by atoms with Crippen LogP contribution in [0.3, 0.4) is 0 Å². The largest absolute Gasteiger partial charge is 0.298 e. The van der Waals surface area contributed by atoms with E-state index in [9.17, 15) is 5.26 Å². The second-order valence-electron chi connectivity index (χ2n) is 5.20. The molecule has 2 rings (SSSR count). The van der Waals surface area contributed by atoms with Gasteiger partial charge in [-0.2, -0.15) is 17.0 Å². The molecule has 0 amide bonds. The van der Waals surface area contributed by atoms with E-state index in [0.717, 1.165) is 16.6 Å². The molecule has 1 aliphatic carbocycles. The third-order valence-corrected chi connectivity index (χ3v) is 5.51. The highest BCUT2D eigenvalue weighted by molar-refractivity contribution is 7.99. The maximum Gasteiger partial charge on any atom is 0.141 e. The van der Waals surface area contributed by atoms with Gasteiger partial charge in [0.25, 0.3) is 0 Å². The Bertz CT molecular complexity index is 420. The predicted molar refractivity (Wildman–Crippen MR) is 82.1 cm³/mol. The van der Waals surface area contributed by atoms with E-state index in [4.69, 9.17) is 0 Å². The Balaban J connectivity index is 2.05. The van der Waals surface area contributed by atoms with E-state index in [2.05, 4.69) is 11.4 Å². The molecule has 0 spiro atoms. The molecule has 0 aliphatic heterocycles. The van der Waals surface area contributed by atoms with Crippen molar-refractivity contribution in [2.24, 2.45) is 0 Å². The van der Waals surface area contributed by atoms with E-state index in [0.29, 0.717) is 0 Å². The zero-order chi connectivity index (χ0) is 13.6. The maximum absolute atomic E-state index is 9.63. The molecule has 19 heavy (non-hydrogen) atoms. The fraction of sp³-hybridized carbons (Fsp3) is 0.562. The fourth-order valence-electron chi connectivity index (χ4n) is 2.65. The minimum atomic E-state index is -0.552. The smallest absolute Gasteiger partial charge is 0.141 e. The Labute approximate surface area is 120 Å². The molecular formula is C16H22N2S. The summed E-state index contributed by atoms with van der Waals surface area (Å²) in [5.74, 6) is 0.828. The Morgan fingerprint density at radius 3 is 2.53 bits per heavy atom. The van der Waals surface area contributed by atoms with Crippen molar-refractivity contribution < 1.29 is 0 Å². The molecule has 1 unspecified atom stereocenters. The van der Waals surface area contributed by atoms with Gasteiger partial charge in [-0.1, -0.05) is 49.6 Å². The standard InChI is InChI=1S/C16H22N2S/c1-18-16(12-17,14-8-4-2-5-9-14)13-19-15-10-6-3-7-11-15/h2,4-5,8-9,15,18H,3,6-7,10-11,13H2,1H3. The molecule has 0 aromatic heterocycles. The molecular weight excluding hydrogens is 252 g/mol. The first kappa shape index (κ1) is 14.4. The summed E-state index contributed by atoms with van der Waals surface area (Å²) in [5, 5.41) is 13.6. The Morgan fingerprint density at radius 2 is 1.95 bits per heavy atom. The zero-order valence-electron chi connectivity index (χ0n) is 11.6. The van der Waals surface area contributed by atoms with Crippen molar-refractivity contribution in [3.8, 4) is 6.07 Å². The molecule has 0 bridgehead atoms. The number of hydrogen-bond donors (Lipinski definition) is 1. The number of nitrogens with zero attached hydrogens (tertiary/aromatic N) is 1. The number of hydrogen-bond acceptors (Lipinski definition) is 3. The number of nitrogens with one attached hydrogen (secondary N) is 1. The van der Waals surface area contributed by atoms with Crippen molar-refractivity contribution >= 4 is 11.8 Å². The van der Waals surface area contributed by atoms with Crippen LogP contribution in [0.1, 0.15) is 37.7 Å². The van der Waals surface area contributed by atoms with Crippen molar-refractivity contribution in [3.63, 3.8) is 0 Å². The molecule has 1 saturated carbocycles. The Morgan fingerprint density at radius 1 is 1.26 bits per heavy atom. The molecule has 1 fully saturated rings. The molecule has 1 N–H and O–H groups in total. The number of rotatable bonds is 5. The summed E-state index contributed by atoms with van der Waals surface area (Å²) >= 11 is 1.96. The molecule has 1 atom stereocenters. The first-order chi connectivity index (χ1) is 9.30. The van der Waals surface area contributed by atoms with Crippen LogP contribution in [0.25, 0.3) is 0 Å². The van der Waals surface area contributed by atoms with Gasteiger partial charge in [0.2, 0.25) is 0 Å². The minimum absolute atomic E-state index is 0.552. The van der Waals surface area contributed by atoms with Crippen LogP contribution in [0, 0.1) is 11.3 Å². The summed E-state index contributed by atoms with van der Waals surface area (Å²) in [6.45, 7) is 0. The van der Waals surface area contributed by atoms with E-state index in [1.54, 1.807) is 0 Å². The lowest BCUT2D eigenvalue weighted by molar-refractivity contribution is 0.504. The first-order valence-corrected chi connectivity index (χ1v) is 8.13. The van der Waals surface area contributed by atoms with Crippen molar-refractivity contribution in [1.29, 1.82) is 5.26 Å². The monoisotopic (exact) mass is 274 g/mol. The van der Waals surface area contributed by atoms with Gasteiger partial charge in [0, 0.05) is 11.0 Å². The highest BCUT2D eigenvalue weighted by Gasteiger charge is 2.31. The molecule has 0 heterocycles. The van der Waals surface area contributed by atoms with Crippen LogP contribution in [0.5, 0.6) is 0 Å². The number of benzene rings is 1. The van der Waals surface area contributed by atoms with E-state index in [1.165, 1.54) is 32.1 Å². The van der Waals surface area contributed by atoms with Gasteiger partial charge in [0.15, 0.2) is 0 Å². The summed E-state index contributed by atoms with van der Waals surface area (Å²) in [5.41, 5.74) is 0.520. The molecule has 0 saturated heterocycles. The van der Waals surface area contributed by atoms with Crippen LogP contribution >= 0.6 is 11.8 Å². The van der Waals surface area contributed by atoms with Crippen molar-refractivity contribution in [3.05, 3.63) is 35.9 Å². The average molecular weight is 274 g/mol. The van der Waals surface area contributed by atoms with E-state index < -0.39 is 5.54 Å². The molecule has 3 heteroatoms. The van der Waals surface area contributed by atoms with Crippen LogP contribution in [0.4, 0.5) is 0 Å². The summed E-state index contributed by atoms with van der Waals surface area (Å²) in [4.78, 5) is 0. The Kier molecular flexibility index (Phi) is 5.30. The minimum Gasteiger partial charge on any atom is -0.298 e. The highest BCUT2D eigenvalue weighted by Crippen LogP contribution is 2.33. The normalized spacial score (nSPS) is 19.6. The first-order valence-electron chi connectivity index (χ1n) is 7.08. The van der Waals surface area contributed by atoms with E-state index in [1.807, 2.05) is 49.1 Å². The highest BCUT2D eigenvalue weighted by atomic mass is 32.2. The van der Waals surface area contributed by atoms with E-state index in [-0.39, 0.29) is 0 Å².